The lowest BCUT2D eigenvalue weighted by Gasteiger charge is -2.22. The van der Waals surface area contributed by atoms with Gasteiger partial charge in [0.05, 0.1) is 13.7 Å². The summed E-state index contributed by atoms with van der Waals surface area (Å²) < 4.78 is 0. The monoisotopic (exact) mass is 297 g/mol. The van der Waals surface area contributed by atoms with Crippen molar-refractivity contribution in [3.05, 3.63) is 29.8 Å². The number of hydrogen-bond donors (Lipinski definition) is 2. The van der Waals surface area contributed by atoms with Crippen LogP contribution in [0.5, 0.6) is 0 Å². The quantitative estimate of drug-likeness (QED) is 0.758. The van der Waals surface area contributed by atoms with E-state index < -0.39 is 13.7 Å². The molecule has 0 fully saturated rings. The van der Waals surface area contributed by atoms with E-state index >= 15 is 0 Å². The summed E-state index contributed by atoms with van der Waals surface area (Å²) in [6.45, 7) is 10.4. The van der Waals surface area contributed by atoms with E-state index in [-0.39, 0.29) is 0 Å². The van der Waals surface area contributed by atoms with Crippen LogP contribution < -0.4 is 10.5 Å². The van der Waals surface area contributed by atoms with E-state index in [2.05, 4.69) is 49.2 Å². The SMILES string of the molecule is CSCC(C)(O)CNCc1ccc([Si](C)(C)C)cc1. The van der Waals surface area contributed by atoms with Crippen LogP contribution in [0.3, 0.4) is 0 Å². The van der Waals surface area contributed by atoms with Gasteiger partial charge in [0, 0.05) is 18.8 Å². The summed E-state index contributed by atoms with van der Waals surface area (Å²) in [7, 11) is -1.19. The summed E-state index contributed by atoms with van der Waals surface area (Å²) in [5.74, 6) is 0.758. The van der Waals surface area contributed by atoms with Gasteiger partial charge in [-0.2, -0.15) is 11.8 Å². The molecule has 1 aromatic carbocycles. The lowest BCUT2D eigenvalue weighted by Crippen LogP contribution is -2.40. The van der Waals surface area contributed by atoms with Crippen molar-refractivity contribution in [2.24, 2.45) is 0 Å². The number of thioether (sulfide) groups is 1. The van der Waals surface area contributed by atoms with Gasteiger partial charge >= 0.3 is 0 Å². The minimum Gasteiger partial charge on any atom is -0.388 e. The van der Waals surface area contributed by atoms with Gasteiger partial charge in [-0.15, -0.1) is 0 Å². The van der Waals surface area contributed by atoms with Gasteiger partial charge in [0.15, 0.2) is 0 Å². The van der Waals surface area contributed by atoms with Crippen LogP contribution in [-0.4, -0.2) is 37.3 Å². The molecule has 0 aliphatic rings. The molecule has 0 radical (unpaired) electrons. The van der Waals surface area contributed by atoms with Gasteiger partial charge in [0.1, 0.15) is 0 Å². The number of hydrogen-bond acceptors (Lipinski definition) is 3. The third-order valence-electron chi connectivity index (χ3n) is 3.11. The molecule has 1 atom stereocenters. The molecule has 0 amide bonds. The van der Waals surface area contributed by atoms with Crippen LogP contribution in [-0.2, 0) is 6.54 Å². The molecule has 0 aromatic heterocycles. The normalized spacial score (nSPS) is 15.3. The van der Waals surface area contributed by atoms with E-state index in [1.54, 1.807) is 11.8 Å². The second kappa shape index (κ2) is 6.93. The summed E-state index contributed by atoms with van der Waals surface area (Å²) in [6, 6.07) is 8.90. The molecule has 0 saturated heterocycles. The van der Waals surface area contributed by atoms with Crippen molar-refractivity contribution in [3.8, 4) is 0 Å². The van der Waals surface area contributed by atoms with Crippen LogP contribution in [0.2, 0.25) is 19.6 Å². The Morgan fingerprint density at radius 2 is 1.79 bits per heavy atom. The van der Waals surface area contributed by atoms with Gasteiger partial charge < -0.3 is 10.4 Å². The number of benzene rings is 1. The smallest absolute Gasteiger partial charge is 0.0833 e. The molecular formula is C15H27NOSSi. The third kappa shape index (κ3) is 6.12. The highest BCUT2D eigenvalue weighted by Crippen LogP contribution is 2.10. The second-order valence-electron chi connectivity index (χ2n) is 6.48. The van der Waals surface area contributed by atoms with Crippen molar-refractivity contribution in [1.29, 1.82) is 0 Å². The maximum atomic E-state index is 10.1. The zero-order chi connectivity index (χ0) is 14.5. The average Bonchev–Trinajstić information content (AvgIpc) is 2.28. The molecule has 0 heterocycles. The molecular weight excluding hydrogens is 270 g/mol. The predicted octanol–water partition coefficient (Wildman–Crippen LogP) is 2.44. The standard InChI is InChI=1S/C15H27NOSSi/c1-15(17,12-18-2)11-16-10-13-6-8-14(9-7-13)19(3,4)5/h6-9,16-17H,10-12H2,1-5H3. The molecule has 4 heteroatoms. The second-order valence-corrected chi connectivity index (χ2v) is 12.4. The summed E-state index contributed by atoms with van der Waals surface area (Å²) in [5.41, 5.74) is 0.652. The van der Waals surface area contributed by atoms with E-state index in [1.807, 2.05) is 13.2 Å². The van der Waals surface area contributed by atoms with Crippen molar-refractivity contribution in [2.75, 3.05) is 18.6 Å². The average molecular weight is 298 g/mol. The van der Waals surface area contributed by atoms with Gasteiger partial charge in [-0.05, 0) is 18.7 Å². The molecule has 1 rings (SSSR count). The van der Waals surface area contributed by atoms with E-state index in [0.717, 1.165) is 12.3 Å². The van der Waals surface area contributed by atoms with Crippen LogP contribution in [0.1, 0.15) is 12.5 Å². The highest BCUT2D eigenvalue weighted by molar-refractivity contribution is 7.98. The first-order valence-electron chi connectivity index (χ1n) is 6.76. The van der Waals surface area contributed by atoms with Gasteiger partial charge in [0.2, 0.25) is 0 Å². The number of rotatable bonds is 7. The van der Waals surface area contributed by atoms with Crippen molar-refractivity contribution in [3.63, 3.8) is 0 Å². The fraction of sp³-hybridized carbons (Fsp3) is 0.600. The molecule has 1 unspecified atom stereocenters. The molecule has 0 spiro atoms. The fourth-order valence-corrected chi connectivity index (χ4v) is 3.85. The molecule has 2 N–H and O–H groups in total. The fourth-order valence-electron chi connectivity index (χ4n) is 1.96. The molecule has 1 aromatic rings. The highest BCUT2D eigenvalue weighted by Gasteiger charge is 2.19. The zero-order valence-electron chi connectivity index (χ0n) is 12.8. The van der Waals surface area contributed by atoms with Crippen molar-refractivity contribution < 1.29 is 5.11 Å². The van der Waals surface area contributed by atoms with Crippen molar-refractivity contribution in [2.45, 2.75) is 38.7 Å². The van der Waals surface area contributed by atoms with Crippen LogP contribution in [0.25, 0.3) is 0 Å². The van der Waals surface area contributed by atoms with Gasteiger partial charge in [-0.3, -0.25) is 0 Å². The summed E-state index contributed by atoms with van der Waals surface area (Å²) in [6.07, 6.45) is 2.02. The van der Waals surface area contributed by atoms with E-state index in [1.165, 1.54) is 10.8 Å². The summed E-state index contributed by atoms with van der Waals surface area (Å²) in [4.78, 5) is 0. The maximum absolute atomic E-state index is 10.1. The largest absolute Gasteiger partial charge is 0.388 e. The Balaban J connectivity index is 2.47. The first-order chi connectivity index (χ1) is 8.74. The highest BCUT2D eigenvalue weighted by atomic mass is 32.2. The molecule has 0 bridgehead atoms. The molecule has 2 nitrogen and oxygen atoms in total. The molecule has 0 aliphatic carbocycles. The van der Waals surface area contributed by atoms with Crippen LogP contribution in [0.15, 0.2) is 24.3 Å². The molecule has 0 aliphatic heterocycles. The zero-order valence-corrected chi connectivity index (χ0v) is 14.6. The van der Waals surface area contributed by atoms with Gasteiger partial charge in [-0.1, -0.05) is 49.1 Å². The summed E-state index contributed by atoms with van der Waals surface area (Å²) >= 11 is 1.67. The number of nitrogens with one attached hydrogen (secondary N) is 1. The van der Waals surface area contributed by atoms with Crippen LogP contribution in [0, 0.1) is 0 Å². The van der Waals surface area contributed by atoms with Gasteiger partial charge in [0.25, 0.3) is 0 Å². The Labute approximate surface area is 123 Å². The van der Waals surface area contributed by atoms with Crippen molar-refractivity contribution >= 4 is 25.0 Å². The Morgan fingerprint density at radius 3 is 2.26 bits per heavy atom. The maximum Gasteiger partial charge on any atom is 0.0833 e. The lowest BCUT2D eigenvalue weighted by atomic mass is 10.1. The van der Waals surface area contributed by atoms with E-state index in [9.17, 15) is 5.11 Å². The van der Waals surface area contributed by atoms with Gasteiger partial charge in [-0.25, -0.2) is 0 Å². The van der Waals surface area contributed by atoms with Crippen LogP contribution in [0.4, 0.5) is 0 Å². The molecule has 108 valence electrons. The van der Waals surface area contributed by atoms with Crippen LogP contribution >= 0.6 is 11.8 Å². The van der Waals surface area contributed by atoms with Crippen molar-refractivity contribution in [1.82, 2.24) is 5.32 Å². The Morgan fingerprint density at radius 1 is 1.21 bits per heavy atom. The predicted molar refractivity (Wildman–Crippen MR) is 90.1 cm³/mol. The Bertz CT molecular complexity index is 384. The number of aliphatic hydroxyl groups is 1. The first-order valence-corrected chi connectivity index (χ1v) is 11.7. The first kappa shape index (κ1) is 16.8. The minimum absolute atomic E-state index is 0.627. The lowest BCUT2D eigenvalue weighted by molar-refractivity contribution is 0.0846. The van der Waals surface area contributed by atoms with E-state index in [0.29, 0.717) is 6.54 Å². The topological polar surface area (TPSA) is 32.3 Å². The van der Waals surface area contributed by atoms with E-state index in [4.69, 9.17) is 0 Å². The third-order valence-corrected chi connectivity index (χ3v) is 6.09. The molecule has 19 heavy (non-hydrogen) atoms. The Kier molecular flexibility index (Phi) is 6.11. The summed E-state index contributed by atoms with van der Waals surface area (Å²) in [5, 5.41) is 14.9. The minimum atomic E-state index is -1.19. The Hall–Kier alpha value is -0.293. The molecule has 0 saturated carbocycles.